The number of carbonyl (C=O) groups is 1. The lowest BCUT2D eigenvalue weighted by molar-refractivity contribution is -0.121. The summed E-state index contributed by atoms with van der Waals surface area (Å²) in [5.74, 6) is 0.993. The first-order chi connectivity index (χ1) is 9.33. The number of hydrogen-bond acceptors (Lipinski definition) is 3. The van der Waals surface area contributed by atoms with Crippen molar-refractivity contribution in [1.82, 2.24) is 5.32 Å². The van der Waals surface area contributed by atoms with E-state index < -0.39 is 0 Å². The van der Waals surface area contributed by atoms with Gasteiger partial charge in [0.25, 0.3) is 0 Å². The van der Waals surface area contributed by atoms with Crippen molar-refractivity contribution in [3.8, 4) is 5.75 Å². The largest absolute Gasteiger partial charge is 0.494 e. The summed E-state index contributed by atoms with van der Waals surface area (Å²) in [6, 6.07) is 9.70. The molecule has 0 aliphatic rings. The van der Waals surface area contributed by atoms with Crippen LogP contribution in [0.1, 0.15) is 32.1 Å². The monoisotopic (exact) mass is 264 g/mol. The van der Waals surface area contributed by atoms with Crippen LogP contribution >= 0.6 is 0 Å². The first kappa shape index (κ1) is 15.5. The molecule has 3 N–H and O–H groups in total. The topological polar surface area (TPSA) is 64.4 Å². The summed E-state index contributed by atoms with van der Waals surface area (Å²) < 4.78 is 5.54. The molecular weight excluding hydrogens is 240 g/mol. The average molecular weight is 264 g/mol. The minimum Gasteiger partial charge on any atom is -0.494 e. The third kappa shape index (κ3) is 8.21. The average Bonchev–Trinajstić information content (AvgIpc) is 2.44. The summed E-state index contributed by atoms with van der Waals surface area (Å²) in [5, 5.41) is 2.90. The smallest absolute Gasteiger partial charge is 0.219 e. The number of benzene rings is 1. The van der Waals surface area contributed by atoms with E-state index in [9.17, 15) is 4.79 Å². The molecule has 106 valence electrons. The van der Waals surface area contributed by atoms with Gasteiger partial charge >= 0.3 is 0 Å². The molecule has 0 fully saturated rings. The van der Waals surface area contributed by atoms with Gasteiger partial charge in [-0.3, -0.25) is 4.79 Å². The maximum absolute atomic E-state index is 11.5. The molecule has 1 amide bonds. The van der Waals surface area contributed by atoms with Crippen molar-refractivity contribution in [1.29, 1.82) is 0 Å². The molecule has 0 aliphatic carbocycles. The highest BCUT2D eigenvalue weighted by Crippen LogP contribution is 2.08. The van der Waals surface area contributed by atoms with Crippen molar-refractivity contribution in [3.63, 3.8) is 0 Å². The van der Waals surface area contributed by atoms with Gasteiger partial charge in [-0.25, -0.2) is 0 Å². The summed E-state index contributed by atoms with van der Waals surface area (Å²) in [7, 11) is 0. The number of nitrogens with two attached hydrogens (primary N) is 1. The van der Waals surface area contributed by atoms with Crippen LogP contribution in [0.2, 0.25) is 0 Å². The van der Waals surface area contributed by atoms with E-state index in [1.807, 2.05) is 30.3 Å². The second kappa shape index (κ2) is 10.4. The van der Waals surface area contributed by atoms with Gasteiger partial charge in [0.1, 0.15) is 5.75 Å². The van der Waals surface area contributed by atoms with Crippen molar-refractivity contribution in [2.24, 2.45) is 5.73 Å². The molecule has 19 heavy (non-hydrogen) atoms. The van der Waals surface area contributed by atoms with Gasteiger partial charge in [0, 0.05) is 13.0 Å². The minimum atomic E-state index is 0.122. The quantitative estimate of drug-likeness (QED) is 0.636. The van der Waals surface area contributed by atoms with Crippen molar-refractivity contribution in [3.05, 3.63) is 30.3 Å². The lowest BCUT2D eigenvalue weighted by atomic mass is 10.2. The molecule has 4 heteroatoms. The molecule has 1 rings (SSSR count). The summed E-state index contributed by atoms with van der Waals surface area (Å²) in [4.78, 5) is 11.5. The zero-order valence-corrected chi connectivity index (χ0v) is 11.4. The van der Waals surface area contributed by atoms with Gasteiger partial charge in [-0.15, -0.1) is 0 Å². The van der Waals surface area contributed by atoms with E-state index in [1.54, 1.807) is 0 Å². The Hall–Kier alpha value is -1.55. The number of ether oxygens (including phenoxy) is 1. The molecule has 1 aromatic carbocycles. The highest BCUT2D eigenvalue weighted by atomic mass is 16.5. The van der Waals surface area contributed by atoms with Gasteiger partial charge in [-0.2, -0.15) is 0 Å². The van der Waals surface area contributed by atoms with Crippen LogP contribution in [0.3, 0.4) is 0 Å². The van der Waals surface area contributed by atoms with Gasteiger partial charge in [0.2, 0.25) is 5.91 Å². The Morgan fingerprint density at radius 3 is 2.63 bits per heavy atom. The number of hydrogen-bond donors (Lipinski definition) is 2. The second-order valence-corrected chi connectivity index (χ2v) is 4.46. The van der Waals surface area contributed by atoms with E-state index in [-0.39, 0.29) is 5.91 Å². The Kier molecular flexibility index (Phi) is 8.47. The number of carbonyl (C=O) groups excluding carboxylic acids is 1. The first-order valence-electron chi connectivity index (χ1n) is 6.97. The van der Waals surface area contributed by atoms with Gasteiger partial charge < -0.3 is 15.8 Å². The van der Waals surface area contributed by atoms with Crippen LogP contribution in [0.25, 0.3) is 0 Å². The van der Waals surface area contributed by atoms with Crippen LogP contribution in [-0.4, -0.2) is 25.6 Å². The standard InChI is InChI=1S/C15H24N2O2/c16-11-6-2-5-10-15(18)17-12-7-13-19-14-8-3-1-4-9-14/h1,3-4,8-9H,2,5-7,10-13,16H2,(H,17,18). The van der Waals surface area contributed by atoms with E-state index in [4.69, 9.17) is 10.5 Å². The SMILES string of the molecule is NCCCCCC(=O)NCCCOc1ccccc1. The van der Waals surface area contributed by atoms with Gasteiger partial charge in [-0.1, -0.05) is 24.6 Å². The lowest BCUT2D eigenvalue weighted by Crippen LogP contribution is -2.25. The molecule has 0 heterocycles. The van der Waals surface area contributed by atoms with Crippen LogP contribution in [-0.2, 0) is 4.79 Å². The molecule has 1 aromatic rings. The fourth-order valence-corrected chi connectivity index (χ4v) is 1.70. The van der Waals surface area contributed by atoms with Crippen LogP contribution in [0, 0.1) is 0 Å². The van der Waals surface area contributed by atoms with E-state index in [1.165, 1.54) is 0 Å². The third-order valence-corrected chi connectivity index (χ3v) is 2.76. The van der Waals surface area contributed by atoms with Crippen LogP contribution < -0.4 is 15.8 Å². The molecule has 0 atom stereocenters. The number of unbranched alkanes of at least 4 members (excludes halogenated alkanes) is 2. The molecular formula is C15H24N2O2. The fourth-order valence-electron chi connectivity index (χ4n) is 1.70. The molecule has 0 unspecified atom stereocenters. The maximum Gasteiger partial charge on any atom is 0.219 e. The normalized spacial score (nSPS) is 10.2. The van der Waals surface area contributed by atoms with Crippen LogP contribution in [0.15, 0.2) is 30.3 Å². The number of amides is 1. The molecule has 0 spiro atoms. The minimum absolute atomic E-state index is 0.122. The Morgan fingerprint density at radius 2 is 1.89 bits per heavy atom. The third-order valence-electron chi connectivity index (χ3n) is 2.76. The second-order valence-electron chi connectivity index (χ2n) is 4.46. The Bertz CT molecular complexity index is 341. The summed E-state index contributed by atoms with van der Waals surface area (Å²) in [6.45, 7) is 2.00. The Labute approximate surface area is 115 Å². The van der Waals surface area contributed by atoms with Crippen molar-refractivity contribution in [2.75, 3.05) is 19.7 Å². The fraction of sp³-hybridized carbons (Fsp3) is 0.533. The predicted octanol–water partition coefficient (Wildman–Crippen LogP) is 2.09. The lowest BCUT2D eigenvalue weighted by Gasteiger charge is -2.07. The van der Waals surface area contributed by atoms with Crippen LogP contribution in [0.4, 0.5) is 0 Å². The van der Waals surface area contributed by atoms with Gasteiger partial charge in [-0.05, 0) is 37.9 Å². The highest BCUT2D eigenvalue weighted by molar-refractivity contribution is 5.75. The number of nitrogens with one attached hydrogen (secondary N) is 1. The zero-order valence-electron chi connectivity index (χ0n) is 11.4. The summed E-state index contributed by atoms with van der Waals surface area (Å²) in [5.41, 5.74) is 5.39. The molecule has 4 nitrogen and oxygen atoms in total. The van der Waals surface area contributed by atoms with Crippen LogP contribution in [0.5, 0.6) is 5.75 Å². The number of rotatable bonds is 10. The molecule has 0 bridgehead atoms. The Balaban J connectivity index is 1.94. The van der Waals surface area contributed by atoms with Gasteiger partial charge in [0.05, 0.1) is 6.61 Å². The Morgan fingerprint density at radius 1 is 1.11 bits per heavy atom. The van der Waals surface area contributed by atoms with E-state index in [0.29, 0.717) is 26.1 Å². The first-order valence-corrected chi connectivity index (χ1v) is 6.97. The van der Waals surface area contributed by atoms with E-state index in [2.05, 4.69) is 5.32 Å². The predicted molar refractivity (Wildman–Crippen MR) is 77.1 cm³/mol. The van der Waals surface area contributed by atoms with Crippen molar-refractivity contribution >= 4 is 5.91 Å². The molecule has 0 saturated heterocycles. The maximum atomic E-state index is 11.5. The van der Waals surface area contributed by atoms with Crippen molar-refractivity contribution in [2.45, 2.75) is 32.1 Å². The number of para-hydroxylation sites is 1. The molecule has 0 radical (unpaired) electrons. The highest BCUT2D eigenvalue weighted by Gasteiger charge is 2.00. The summed E-state index contributed by atoms with van der Waals surface area (Å²) in [6.07, 6.45) is 4.37. The molecule has 0 saturated carbocycles. The molecule has 0 aliphatic heterocycles. The zero-order chi connectivity index (χ0) is 13.8. The van der Waals surface area contributed by atoms with E-state index in [0.717, 1.165) is 31.4 Å². The van der Waals surface area contributed by atoms with Crippen molar-refractivity contribution < 1.29 is 9.53 Å². The molecule has 0 aromatic heterocycles. The van der Waals surface area contributed by atoms with Gasteiger partial charge in [0.15, 0.2) is 0 Å². The van der Waals surface area contributed by atoms with E-state index >= 15 is 0 Å². The summed E-state index contributed by atoms with van der Waals surface area (Å²) >= 11 is 0.